The van der Waals surface area contributed by atoms with Crippen LogP contribution in [0.2, 0.25) is 0 Å². The summed E-state index contributed by atoms with van der Waals surface area (Å²) in [4.78, 5) is 11.7. The second-order valence-corrected chi connectivity index (χ2v) is 7.00. The zero-order valence-corrected chi connectivity index (χ0v) is 12.7. The minimum atomic E-state index is -1.17. The van der Waals surface area contributed by atoms with Crippen molar-refractivity contribution in [2.45, 2.75) is 63.6 Å². The fourth-order valence-electron chi connectivity index (χ4n) is 4.23. The molecule has 2 aliphatic carbocycles. The molecule has 0 heterocycles. The maximum atomic E-state index is 11.7. The van der Waals surface area contributed by atoms with Crippen LogP contribution in [0.4, 0.5) is 0 Å². The lowest BCUT2D eigenvalue weighted by Crippen LogP contribution is -2.66. The first-order valence-electron chi connectivity index (χ1n) is 7.39. The molecule has 2 fully saturated rings. The number of esters is 1. The van der Waals surface area contributed by atoms with Gasteiger partial charge in [0.2, 0.25) is 0 Å². The molecule has 114 valence electrons. The van der Waals surface area contributed by atoms with E-state index in [4.69, 9.17) is 4.74 Å². The van der Waals surface area contributed by atoms with Gasteiger partial charge in [-0.25, -0.2) is 4.79 Å². The molecule has 20 heavy (non-hydrogen) atoms. The summed E-state index contributed by atoms with van der Waals surface area (Å²) in [6, 6.07) is 0. The molecule has 0 aromatic rings. The number of aliphatic hydroxyl groups is 2. The van der Waals surface area contributed by atoms with E-state index in [1.54, 1.807) is 6.92 Å². The Kier molecular flexibility index (Phi) is 3.76. The lowest BCUT2D eigenvalue weighted by molar-refractivity contribution is -0.249. The molecule has 2 N–H and O–H groups in total. The Hall–Kier alpha value is -0.870. The Morgan fingerprint density at radius 3 is 2.50 bits per heavy atom. The van der Waals surface area contributed by atoms with Crippen LogP contribution in [-0.2, 0) is 9.53 Å². The van der Waals surface area contributed by atoms with Crippen molar-refractivity contribution < 1.29 is 19.7 Å². The smallest absolute Gasteiger partial charge is 0.333 e. The van der Waals surface area contributed by atoms with E-state index in [9.17, 15) is 15.0 Å². The highest BCUT2D eigenvalue weighted by atomic mass is 16.5. The van der Waals surface area contributed by atoms with Gasteiger partial charge >= 0.3 is 5.97 Å². The third-order valence-corrected chi connectivity index (χ3v) is 5.81. The first-order chi connectivity index (χ1) is 9.17. The summed E-state index contributed by atoms with van der Waals surface area (Å²) in [6.45, 7) is 7.59. The standard InChI is InChI=1S/C16H26O4/c1-11(13(17)20-4)12-6-9-14(2)7-5-8-15(3,18)16(14,19)10-12/h12,18-19H,1,5-10H2,2-4H3/t12-,14-,15+,16+/m1/s1. The number of fused-ring (bicyclic) bond motifs is 1. The van der Waals surface area contributed by atoms with Crippen molar-refractivity contribution in [3.05, 3.63) is 12.2 Å². The van der Waals surface area contributed by atoms with E-state index in [1.165, 1.54) is 7.11 Å². The first-order valence-corrected chi connectivity index (χ1v) is 7.39. The van der Waals surface area contributed by atoms with Crippen molar-refractivity contribution in [1.82, 2.24) is 0 Å². The SMILES string of the molecule is C=C(C(=O)OC)[C@@H]1CC[C@@]2(C)CCC[C@](C)(O)[C@]2(O)C1. The number of hydrogen-bond donors (Lipinski definition) is 2. The van der Waals surface area contributed by atoms with Crippen LogP contribution >= 0.6 is 0 Å². The fraction of sp³-hybridized carbons (Fsp3) is 0.812. The van der Waals surface area contributed by atoms with E-state index in [-0.39, 0.29) is 11.3 Å². The van der Waals surface area contributed by atoms with Crippen LogP contribution in [0.1, 0.15) is 52.4 Å². The Morgan fingerprint density at radius 2 is 1.90 bits per heavy atom. The topological polar surface area (TPSA) is 66.8 Å². The highest BCUT2D eigenvalue weighted by molar-refractivity contribution is 5.88. The number of methoxy groups -OCH3 is 1. The number of carbonyl (C=O) groups excluding carboxylic acids is 1. The van der Waals surface area contributed by atoms with Crippen molar-refractivity contribution in [2.24, 2.45) is 11.3 Å². The van der Waals surface area contributed by atoms with Gasteiger partial charge in [-0.1, -0.05) is 13.5 Å². The number of ether oxygens (including phenoxy) is 1. The predicted molar refractivity (Wildman–Crippen MR) is 76.0 cm³/mol. The van der Waals surface area contributed by atoms with E-state index >= 15 is 0 Å². The van der Waals surface area contributed by atoms with Gasteiger partial charge in [-0.05, 0) is 56.8 Å². The van der Waals surface area contributed by atoms with Gasteiger partial charge in [0.15, 0.2) is 0 Å². The van der Waals surface area contributed by atoms with Crippen molar-refractivity contribution >= 4 is 5.97 Å². The molecule has 0 radical (unpaired) electrons. The van der Waals surface area contributed by atoms with Crippen LogP contribution in [0.25, 0.3) is 0 Å². The minimum Gasteiger partial charge on any atom is -0.466 e. The summed E-state index contributed by atoms with van der Waals surface area (Å²) < 4.78 is 4.73. The molecule has 2 rings (SSSR count). The van der Waals surface area contributed by atoms with Crippen LogP contribution < -0.4 is 0 Å². The molecular formula is C16H26O4. The fourth-order valence-corrected chi connectivity index (χ4v) is 4.23. The van der Waals surface area contributed by atoms with E-state index < -0.39 is 17.2 Å². The van der Waals surface area contributed by atoms with E-state index in [0.717, 1.165) is 25.7 Å². The van der Waals surface area contributed by atoms with Crippen LogP contribution in [0.5, 0.6) is 0 Å². The van der Waals surface area contributed by atoms with Gasteiger partial charge in [-0.3, -0.25) is 0 Å². The largest absolute Gasteiger partial charge is 0.466 e. The van der Waals surface area contributed by atoms with Gasteiger partial charge in [-0.2, -0.15) is 0 Å². The summed E-state index contributed by atoms with van der Waals surface area (Å²) in [7, 11) is 1.34. The van der Waals surface area contributed by atoms with Crippen molar-refractivity contribution in [3.8, 4) is 0 Å². The molecule has 4 atom stereocenters. The lowest BCUT2D eigenvalue weighted by atomic mass is 9.50. The summed E-state index contributed by atoms with van der Waals surface area (Å²) in [5.41, 5.74) is -2.17. The van der Waals surface area contributed by atoms with E-state index in [1.807, 2.05) is 0 Å². The molecule has 4 nitrogen and oxygen atoms in total. The van der Waals surface area contributed by atoms with Crippen molar-refractivity contribution in [2.75, 3.05) is 7.11 Å². The zero-order chi connectivity index (χ0) is 15.2. The average molecular weight is 282 g/mol. The van der Waals surface area contributed by atoms with Gasteiger partial charge < -0.3 is 14.9 Å². The Morgan fingerprint density at radius 1 is 1.25 bits per heavy atom. The molecule has 0 amide bonds. The second kappa shape index (κ2) is 4.85. The summed E-state index contributed by atoms with van der Waals surface area (Å²) in [6.07, 6.45) is 4.41. The first kappa shape index (κ1) is 15.5. The van der Waals surface area contributed by atoms with Gasteiger partial charge in [0, 0.05) is 5.57 Å². The third kappa shape index (κ3) is 2.09. The molecule has 0 aromatic heterocycles. The number of hydrogen-bond acceptors (Lipinski definition) is 4. The van der Waals surface area contributed by atoms with Crippen molar-refractivity contribution in [1.29, 1.82) is 0 Å². The average Bonchev–Trinajstić information content (AvgIpc) is 2.39. The normalized spacial score (nSPS) is 44.5. The monoisotopic (exact) mass is 282 g/mol. The van der Waals surface area contributed by atoms with Gasteiger partial charge in [-0.15, -0.1) is 0 Å². The Labute approximate surface area is 120 Å². The molecule has 0 aromatic carbocycles. The molecule has 0 unspecified atom stereocenters. The van der Waals surface area contributed by atoms with Crippen LogP contribution in [-0.4, -0.2) is 34.5 Å². The van der Waals surface area contributed by atoms with Crippen LogP contribution in [0, 0.1) is 11.3 Å². The summed E-state index contributed by atoms with van der Waals surface area (Å²) in [5.74, 6) is -0.539. The summed E-state index contributed by atoms with van der Waals surface area (Å²) >= 11 is 0. The molecule has 0 spiro atoms. The highest BCUT2D eigenvalue weighted by Gasteiger charge is 2.62. The van der Waals surface area contributed by atoms with Crippen LogP contribution in [0.3, 0.4) is 0 Å². The third-order valence-electron chi connectivity index (χ3n) is 5.81. The van der Waals surface area contributed by atoms with E-state index in [0.29, 0.717) is 18.4 Å². The zero-order valence-electron chi connectivity index (χ0n) is 12.7. The molecule has 0 aliphatic heterocycles. The van der Waals surface area contributed by atoms with Gasteiger partial charge in [0.05, 0.1) is 18.3 Å². The van der Waals surface area contributed by atoms with E-state index in [2.05, 4.69) is 13.5 Å². The summed E-state index contributed by atoms with van der Waals surface area (Å²) in [5, 5.41) is 21.9. The Balaban J connectivity index is 2.28. The lowest BCUT2D eigenvalue weighted by Gasteiger charge is -2.60. The second-order valence-electron chi connectivity index (χ2n) is 7.00. The van der Waals surface area contributed by atoms with Gasteiger partial charge in [0.1, 0.15) is 0 Å². The predicted octanol–water partition coefficient (Wildman–Crippen LogP) is 2.19. The van der Waals surface area contributed by atoms with Crippen LogP contribution in [0.15, 0.2) is 12.2 Å². The maximum Gasteiger partial charge on any atom is 0.333 e. The number of rotatable bonds is 2. The quantitative estimate of drug-likeness (QED) is 0.602. The molecule has 2 aliphatic rings. The molecule has 2 saturated carbocycles. The Bertz CT molecular complexity index is 428. The number of carbonyl (C=O) groups is 1. The molecular weight excluding hydrogens is 256 g/mol. The molecule has 0 saturated heterocycles. The maximum absolute atomic E-state index is 11.7. The van der Waals surface area contributed by atoms with Gasteiger partial charge in [0.25, 0.3) is 0 Å². The molecule has 0 bridgehead atoms. The highest BCUT2D eigenvalue weighted by Crippen LogP contribution is 2.58. The van der Waals surface area contributed by atoms with Crippen molar-refractivity contribution in [3.63, 3.8) is 0 Å². The molecule has 4 heteroatoms. The minimum absolute atomic E-state index is 0.120.